The van der Waals surface area contributed by atoms with Gasteiger partial charge in [-0.15, -0.1) is 11.6 Å². The maximum atomic E-state index is 5.95. The van der Waals surface area contributed by atoms with Crippen LogP contribution in [0.4, 0.5) is 0 Å². The van der Waals surface area contributed by atoms with Crippen molar-refractivity contribution < 1.29 is 9.47 Å². The standard InChI is InChI=1S/C16H21ClO2/c1-4-12(10-17)7-14-9-16-13(6-11(3)19-16)8-15(14)18-5-2/h7-9,11H,4-6,10H2,1-3H3. The number of fused-ring (bicyclic) bond motifs is 1. The van der Waals surface area contributed by atoms with Crippen LogP contribution >= 0.6 is 11.6 Å². The zero-order valence-electron chi connectivity index (χ0n) is 11.8. The summed E-state index contributed by atoms with van der Waals surface area (Å²) >= 11 is 5.95. The quantitative estimate of drug-likeness (QED) is 0.742. The third kappa shape index (κ3) is 3.24. The Kier molecular flexibility index (Phi) is 4.76. The van der Waals surface area contributed by atoms with E-state index in [1.165, 1.54) is 11.1 Å². The lowest BCUT2D eigenvalue weighted by molar-refractivity contribution is 0.254. The Morgan fingerprint density at radius 3 is 2.89 bits per heavy atom. The summed E-state index contributed by atoms with van der Waals surface area (Å²) in [7, 11) is 0. The Bertz CT molecular complexity index is 474. The van der Waals surface area contributed by atoms with Crippen LogP contribution in [-0.4, -0.2) is 18.6 Å². The summed E-state index contributed by atoms with van der Waals surface area (Å²) in [5.41, 5.74) is 3.50. The van der Waals surface area contributed by atoms with E-state index >= 15 is 0 Å². The fraction of sp³-hybridized carbons (Fsp3) is 0.500. The van der Waals surface area contributed by atoms with E-state index in [1.807, 2.05) is 6.92 Å². The van der Waals surface area contributed by atoms with Crippen molar-refractivity contribution in [3.8, 4) is 11.5 Å². The minimum atomic E-state index is 0.252. The normalized spacial score (nSPS) is 18.1. The largest absolute Gasteiger partial charge is 0.493 e. The van der Waals surface area contributed by atoms with E-state index in [0.717, 1.165) is 29.9 Å². The molecular formula is C16H21ClO2. The van der Waals surface area contributed by atoms with Crippen molar-refractivity contribution in [1.29, 1.82) is 0 Å². The van der Waals surface area contributed by atoms with E-state index in [9.17, 15) is 0 Å². The maximum Gasteiger partial charge on any atom is 0.127 e. The second-order valence-corrected chi connectivity index (χ2v) is 5.12. The second kappa shape index (κ2) is 6.33. The number of hydrogen-bond donors (Lipinski definition) is 0. The van der Waals surface area contributed by atoms with Crippen molar-refractivity contribution in [2.24, 2.45) is 0 Å². The summed E-state index contributed by atoms with van der Waals surface area (Å²) in [6, 6.07) is 4.18. The summed E-state index contributed by atoms with van der Waals surface area (Å²) in [6.45, 7) is 6.87. The van der Waals surface area contributed by atoms with Crippen LogP contribution in [-0.2, 0) is 6.42 Å². The predicted octanol–water partition coefficient (Wildman–Crippen LogP) is 4.44. The molecule has 0 spiro atoms. The summed E-state index contributed by atoms with van der Waals surface area (Å²) in [4.78, 5) is 0. The van der Waals surface area contributed by atoms with Crippen LogP contribution in [0.25, 0.3) is 6.08 Å². The molecule has 0 aromatic heterocycles. The molecule has 1 unspecified atom stereocenters. The van der Waals surface area contributed by atoms with Gasteiger partial charge >= 0.3 is 0 Å². The Morgan fingerprint density at radius 2 is 2.26 bits per heavy atom. The molecule has 0 saturated heterocycles. The number of halogens is 1. The van der Waals surface area contributed by atoms with Crippen molar-refractivity contribution in [2.45, 2.75) is 39.7 Å². The molecule has 0 aliphatic carbocycles. The molecule has 0 amide bonds. The van der Waals surface area contributed by atoms with Gasteiger partial charge in [0.1, 0.15) is 17.6 Å². The van der Waals surface area contributed by atoms with Crippen LogP contribution in [0.1, 0.15) is 38.3 Å². The fourth-order valence-electron chi connectivity index (χ4n) is 2.30. The second-order valence-electron chi connectivity index (χ2n) is 4.85. The first-order chi connectivity index (χ1) is 9.17. The van der Waals surface area contributed by atoms with Crippen molar-refractivity contribution in [3.63, 3.8) is 0 Å². The molecule has 0 fully saturated rings. The van der Waals surface area contributed by atoms with Crippen molar-refractivity contribution >= 4 is 17.7 Å². The highest BCUT2D eigenvalue weighted by atomic mass is 35.5. The molecule has 1 atom stereocenters. The zero-order chi connectivity index (χ0) is 13.8. The molecular weight excluding hydrogens is 260 g/mol. The Labute approximate surface area is 120 Å². The van der Waals surface area contributed by atoms with Gasteiger partial charge in [0.25, 0.3) is 0 Å². The van der Waals surface area contributed by atoms with Gasteiger partial charge in [0.15, 0.2) is 0 Å². The number of benzene rings is 1. The van der Waals surface area contributed by atoms with Crippen LogP contribution in [0.2, 0.25) is 0 Å². The smallest absolute Gasteiger partial charge is 0.127 e. The number of alkyl halides is 1. The highest BCUT2D eigenvalue weighted by molar-refractivity contribution is 6.19. The van der Waals surface area contributed by atoms with Crippen molar-refractivity contribution in [3.05, 3.63) is 28.8 Å². The van der Waals surface area contributed by atoms with Gasteiger partial charge in [0.2, 0.25) is 0 Å². The highest BCUT2D eigenvalue weighted by Gasteiger charge is 2.21. The van der Waals surface area contributed by atoms with Crippen molar-refractivity contribution in [2.75, 3.05) is 12.5 Å². The average molecular weight is 281 g/mol. The van der Waals surface area contributed by atoms with E-state index < -0.39 is 0 Å². The Hall–Kier alpha value is -1.15. The molecule has 1 aliphatic heterocycles. The first-order valence-electron chi connectivity index (χ1n) is 6.89. The van der Waals surface area contributed by atoms with E-state index in [0.29, 0.717) is 12.5 Å². The van der Waals surface area contributed by atoms with E-state index in [2.05, 4.69) is 32.1 Å². The Balaban J connectivity index is 2.41. The van der Waals surface area contributed by atoms with Gasteiger partial charge in [0, 0.05) is 23.4 Å². The minimum Gasteiger partial charge on any atom is -0.493 e. The topological polar surface area (TPSA) is 18.5 Å². The molecule has 0 N–H and O–H groups in total. The van der Waals surface area contributed by atoms with Gasteiger partial charge in [-0.25, -0.2) is 0 Å². The third-order valence-electron chi connectivity index (χ3n) is 3.31. The van der Waals surface area contributed by atoms with Gasteiger partial charge in [0.05, 0.1) is 6.61 Å². The minimum absolute atomic E-state index is 0.252. The lowest BCUT2D eigenvalue weighted by atomic mass is 10.0. The first kappa shape index (κ1) is 14.3. The molecule has 3 heteroatoms. The molecule has 1 heterocycles. The number of rotatable bonds is 5. The zero-order valence-corrected chi connectivity index (χ0v) is 12.6. The maximum absolute atomic E-state index is 5.95. The van der Waals surface area contributed by atoms with Crippen LogP contribution in [0.15, 0.2) is 17.7 Å². The molecule has 19 heavy (non-hydrogen) atoms. The predicted molar refractivity (Wildman–Crippen MR) is 80.4 cm³/mol. The number of ether oxygens (including phenoxy) is 2. The van der Waals surface area contributed by atoms with E-state index in [1.54, 1.807) is 0 Å². The summed E-state index contributed by atoms with van der Waals surface area (Å²) in [6.07, 6.45) is 4.27. The van der Waals surface area contributed by atoms with Gasteiger partial charge in [-0.3, -0.25) is 0 Å². The molecule has 1 aliphatic rings. The molecule has 2 rings (SSSR count). The SMILES string of the molecule is CCOc1cc2c(cc1C=C(CC)CCl)OC(C)C2. The molecule has 0 radical (unpaired) electrons. The van der Waals surface area contributed by atoms with Crippen LogP contribution in [0.3, 0.4) is 0 Å². The lowest BCUT2D eigenvalue weighted by Gasteiger charge is -2.11. The highest BCUT2D eigenvalue weighted by Crippen LogP contribution is 2.36. The summed E-state index contributed by atoms with van der Waals surface area (Å²) in [5, 5.41) is 0. The van der Waals surface area contributed by atoms with E-state index in [-0.39, 0.29) is 6.10 Å². The average Bonchev–Trinajstić information content (AvgIpc) is 2.75. The van der Waals surface area contributed by atoms with Crippen LogP contribution < -0.4 is 9.47 Å². The lowest BCUT2D eigenvalue weighted by Crippen LogP contribution is -2.05. The molecule has 0 bridgehead atoms. The number of allylic oxidation sites excluding steroid dienone is 1. The molecule has 104 valence electrons. The van der Waals surface area contributed by atoms with Gasteiger partial charge in [-0.05, 0) is 32.4 Å². The molecule has 0 saturated carbocycles. The van der Waals surface area contributed by atoms with Crippen LogP contribution in [0, 0.1) is 0 Å². The third-order valence-corrected chi connectivity index (χ3v) is 3.66. The monoisotopic (exact) mass is 280 g/mol. The summed E-state index contributed by atoms with van der Waals surface area (Å²) < 4.78 is 11.6. The summed E-state index contributed by atoms with van der Waals surface area (Å²) in [5.74, 6) is 2.46. The van der Waals surface area contributed by atoms with Gasteiger partial charge in [-0.2, -0.15) is 0 Å². The first-order valence-corrected chi connectivity index (χ1v) is 7.43. The number of hydrogen-bond acceptors (Lipinski definition) is 2. The Morgan fingerprint density at radius 1 is 1.47 bits per heavy atom. The van der Waals surface area contributed by atoms with E-state index in [4.69, 9.17) is 21.1 Å². The molecule has 1 aromatic carbocycles. The van der Waals surface area contributed by atoms with Gasteiger partial charge in [-0.1, -0.05) is 18.6 Å². The van der Waals surface area contributed by atoms with Crippen molar-refractivity contribution in [1.82, 2.24) is 0 Å². The molecule has 2 nitrogen and oxygen atoms in total. The fourth-order valence-corrected chi connectivity index (χ4v) is 2.57. The van der Waals surface area contributed by atoms with Gasteiger partial charge < -0.3 is 9.47 Å². The van der Waals surface area contributed by atoms with Crippen LogP contribution in [0.5, 0.6) is 11.5 Å². The molecule has 1 aromatic rings.